The maximum atomic E-state index is 11.1. The first-order valence-electron chi connectivity index (χ1n) is 6.67. The number of carbonyl (C=O) groups is 2. The first-order chi connectivity index (χ1) is 10.5. The van der Waals surface area contributed by atoms with Crippen LogP contribution in [0.15, 0.2) is 24.3 Å². The van der Waals surface area contributed by atoms with Gasteiger partial charge >= 0.3 is 5.97 Å². The maximum Gasteiger partial charge on any atom is 0.358 e. The van der Waals surface area contributed by atoms with Crippen LogP contribution in [-0.4, -0.2) is 32.0 Å². The summed E-state index contributed by atoms with van der Waals surface area (Å²) in [5.74, 6) is -1.30. The molecule has 116 valence electrons. The van der Waals surface area contributed by atoms with Crippen LogP contribution in [0.1, 0.15) is 28.7 Å². The molecule has 22 heavy (non-hydrogen) atoms. The second kappa shape index (κ2) is 6.70. The average molecular weight is 304 g/mol. The molecule has 0 bridgehead atoms. The molecular formula is C14H16N4O4. The smallest absolute Gasteiger partial charge is 0.358 e. The summed E-state index contributed by atoms with van der Waals surface area (Å²) >= 11 is 0. The standard InChI is InChI=1S/C14H16N4O4/c1-2-9-3-5-10(6-4-9)22-8-11-13(14(20)21)16-17-18(11)7-12(15)19/h3-6H,2,7-8H2,1H3,(H2,15,19)(H,20,21). The van der Waals surface area contributed by atoms with Gasteiger partial charge in [-0.1, -0.05) is 24.3 Å². The predicted molar refractivity (Wildman–Crippen MR) is 76.3 cm³/mol. The van der Waals surface area contributed by atoms with E-state index in [-0.39, 0.29) is 24.5 Å². The Balaban J connectivity index is 2.17. The highest BCUT2D eigenvalue weighted by molar-refractivity contribution is 5.86. The summed E-state index contributed by atoms with van der Waals surface area (Å²) in [7, 11) is 0. The molecule has 2 aromatic rings. The minimum atomic E-state index is -1.24. The molecule has 0 atom stereocenters. The van der Waals surface area contributed by atoms with Crippen molar-refractivity contribution in [1.29, 1.82) is 0 Å². The van der Waals surface area contributed by atoms with Crippen molar-refractivity contribution in [2.75, 3.05) is 0 Å². The number of carboxylic acid groups (broad SMARTS) is 1. The Morgan fingerprint density at radius 2 is 2.00 bits per heavy atom. The van der Waals surface area contributed by atoms with Crippen LogP contribution >= 0.6 is 0 Å². The summed E-state index contributed by atoms with van der Waals surface area (Å²) in [6, 6.07) is 7.43. The lowest BCUT2D eigenvalue weighted by atomic mass is 10.2. The van der Waals surface area contributed by atoms with E-state index in [0.717, 1.165) is 11.1 Å². The molecule has 0 spiro atoms. The highest BCUT2D eigenvalue weighted by Crippen LogP contribution is 2.15. The molecule has 2 rings (SSSR count). The molecule has 0 fully saturated rings. The Morgan fingerprint density at radius 1 is 1.32 bits per heavy atom. The summed E-state index contributed by atoms with van der Waals surface area (Å²) in [6.45, 7) is 1.71. The fourth-order valence-electron chi connectivity index (χ4n) is 1.89. The van der Waals surface area contributed by atoms with Gasteiger partial charge in [0, 0.05) is 0 Å². The summed E-state index contributed by atoms with van der Waals surface area (Å²) in [5.41, 5.74) is 6.20. The van der Waals surface area contributed by atoms with Crippen LogP contribution in [0.5, 0.6) is 5.75 Å². The Bertz CT molecular complexity index is 679. The van der Waals surface area contributed by atoms with Gasteiger partial charge in [0.1, 0.15) is 24.6 Å². The van der Waals surface area contributed by atoms with Gasteiger partial charge in [-0.3, -0.25) is 4.79 Å². The number of rotatable bonds is 7. The molecule has 1 amide bonds. The van der Waals surface area contributed by atoms with Crippen LogP contribution in [0.4, 0.5) is 0 Å². The Morgan fingerprint density at radius 3 is 2.55 bits per heavy atom. The van der Waals surface area contributed by atoms with E-state index in [4.69, 9.17) is 15.6 Å². The Labute approximate surface area is 126 Å². The zero-order chi connectivity index (χ0) is 16.1. The number of ether oxygens (including phenoxy) is 1. The SMILES string of the molecule is CCc1ccc(OCc2c(C(=O)O)nnn2CC(N)=O)cc1. The number of carbonyl (C=O) groups excluding carboxylic acids is 1. The number of benzene rings is 1. The van der Waals surface area contributed by atoms with E-state index in [1.807, 2.05) is 19.1 Å². The van der Waals surface area contributed by atoms with E-state index in [2.05, 4.69) is 10.3 Å². The quantitative estimate of drug-likeness (QED) is 0.773. The number of aromatic carboxylic acids is 1. The summed E-state index contributed by atoms with van der Waals surface area (Å²) in [5, 5.41) is 16.2. The van der Waals surface area contributed by atoms with Crippen molar-refractivity contribution in [2.24, 2.45) is 5.73 Å². The van der Waals surface area contributed by atoms with Crippen LogP contribution in [-0.2, 0) is 24.4 Å². The van der Waals surface area contributed by atoms with E-state index < -0.39 is 11.9 Å². The highest BCUT2D eigenvalue weighted by atomic mass is 16.5. The number of carboxylic acids is 1. The van der Waals surface area contributed by atoms with Crippen molar-refractivity contribution in [3.63, 3.8) is 0 Å². The fraction of sp³-hybridized carbons (Fsp3) is 0.286. The van der Waals surface area contributed by atoms with Gasteiger partial charge in [0.25, 0.3) is 0 Å². The van der Waals surface area contributed by atoms with Gasteiger partial charge in [0.2, 0.25) is 5.91 Å². The van der Waals surface area contributed by atoms with Gasteiger partial charge in [0.15, 0.2) is 5.69 Å². The summed E-state index contributed by atoms with van der Waals surface area (Å²) in [6.07, 6.45) is 0.915. The minimum Gasteiger partial charge on any atom is -0.487 e. The molecule has 1 heterocycles. The summed E-state index contributed by atoms with van der Waals surface area (Å²) < 4.78 is 6.68. The van der Waals surface area contributed by atoms with Gasteiger partial charge in [-0.25, -0.2) is 9.48 Å². The van der Waals surface area contributed by atoms with Crippen molar-refractivity contribution in [1.82, 2.24) is 15.0 Å². The van der Waals surface area contributed by atoms with Crippen molar-refractivity contribution in [2.45, 2.75) is 26.5 Å². The molecule has 0 saturated heterocycles. The van der Waals surface area contributed by atoms with Gasteiger partial charge in [-0.15, -0.1) is 5.10 Å². The molecule has 0 radical (unpaired) electrons. The molecule has 0 saturated carbocycles. The van der Waals surface area contributed by atoms with Crippen molar-refractivity contribution < 1.29 is 19.4 Å². The van der Waals surface area contributed by atoms with Crippen LogP contribution in [0.25, 0.3) is 0 Å². The minimum absolute atomic E-state index is 0.0760. The first-order valence-corrected chi connectivity index (χ1v) is 6.67. The normalized spacial score (nSPS) is 10.4. The van der Waals surface area contributed by atoms with E-state index in [0.29, 0.717) is 5.75 Å². The van der Waals surface area contributed by atoms with Gasteiger partial charge in [-0.05, 0) is 24.1 Å². The van der Waals surface area contributed by atoms with Gasteiger partial charge in [-0.2, -0.15) is 0 Å². The van der Waals surface area contributed by atoms with E-state index in [1.54, 1.807) is 12.1 Å². The van der Waals surface area contributed by atoms with Crippen LogP contribution in [0, 0.1) is 0 Å². The molecule has 1 aromatic carbocycles. The van der Waals surface area contributed by atoms with Crippen molar-refractivity contribution in [3.05, 3.63) is 41.2 Å². The lowest BCUT2D eigenvalue weighted by Crippen LogP contribution is -2.22. The molecule has 1 aromatic heterocycles. The monoisotopic (exact) mass is 304 g/mol. The highest BCUT2D eigenvalue weighted by Gasteiger charge is 2.20. The second-order valence-electron chi connectivity index (χ2n) is 4.60. The van der Waals surface area contributed by atoms with Crippen LogP contribution in [0.2, 0.25) is 0 Å². The molecule has 0 unspecified atom stereocenters. The number of aryl methyl sites for hydroxylation is 1. The van der Waals surface area contributed by atoms with Crippen molar-refractivity contribution in [3.8, 4) is 5.75 Å². The third-order valence-electron chi connectivity index (χ3n) is 3.05. The molecule has 8 heteroatoms. The molecule has 0 aliphatic heterocycles. The van der Waals surface area contributed by atoms with Crippen molar-refractivity contribution >= 4 is 11.9 Å². The average Bonchev–Trinajstić information content (AvgIpc) is 2.88. The topological polar surface area (TPSA) is 120 Å². The second-order valence-corrected chi connectivity index (χ2v) is 4.60. The number of nitrogens with zero attached hydrogens (tertiary/aromatic N) is 3. The number of nitrogens with two attached hydrogens (primary N) is 1. The molecule has 8 nitrogen and oxygen atoms in total. The predicted octanol–water partition coefficient (Wildman–Crippen LogP) is 0.603. The Kier molecular flexibility index (Phi) is 4.72. The summed E-state index contributed by atoms with van der Waals surface area (Å²) in [4.78, 5) is 22.1. The number of primary amides is 1. The maximum absolute atomic E-state index is 11.1. The lowest BCUT2D eigenvalue weighted by Gasteiger charge is -2.08. The first kappa shape index (κ1) is 15.5. The zero-order valence-electron chi connectivity index (χ0n) is 12.0. The molecular weight excluding hydrogens is 288 g/mol. The number of amides is 1. The van der Waals surface area contributed by atoms with E-state index in [1.165, 1.54) is 5.56 Å². The van der Waals surface area contributed by atoms with Gasteiger partial charge in [0.05, 0.1) is 0 Å². The lowest BCUT2D eigenvalue weighted by molar-refractivity contribution is -0.118. The fourth-order valence-corrected chi connectivity index (χ4v) is 1.89. The molecule has 0 aliphatic rings. The number of aromatic nitrogens is 3. The molecule has 3 N–H and O–H groups in total. The third kappa shape index (κ3) is 3.60. The van der Waals surface area contributed by atoms with Crippen LogP contribution in [0.3, 0.4) is 0 Å². The zero-order valence-corrected chi connectivity index (χ0v) is 12.0. The number of hydrogen-bond acceptors (Lipinski definition) is 5. The third-order valence-corrected chi connectivity index (χ3v) is 3.05. The van der Waals surface area contributed by atoms with E-state index >= 15 is 0 Å². The van der Waals surface area contributed by atoms with Crippen LogP contribution < -0.4 is 10.5 Å². The Hall–Kier alpha value is -2.90. The van der Waals surface area contributed by atoms with E-state index in [9.17, 15) is 9.59 Å². The molecule has 0 aliphatic carbocycles. The largest absolute Gasteiger partial charge is 0.487 e. The van der Waals surface area contributed by atoms with Gasteiger partial charge < -0.3 is 15.6 Å². The number of hydrogen-bond donors (Lipinski definition) is 2.